The van der Waals surface area contributed by atoms with E-state index in [0.717, 1.165) is 26.2 Å². The summed E-state index contributed by atoms with van der Waals surface area (Å²) in [4.78, 5) is 14.7. The Labute approximate surface area is 131 Å². The summed E-state index contributed by atoms with van der Waals surface area (Å²) in [5, 5.41) is 3.39. The van der Waals surface area contributed by atoms with Gasteiger partial charge in [-0.25, -0.2) is 0 Å². The van der Waals surface area contributed by atoms with Crippen LogP contribution >= 0.6 is 0 Å². The molecule has 5 heteroatoms. The van der Waals surface area contributed by atoms with Crippen LogP contribution in [0.3, 0.4) is 0 Å². The van der Waals surface area contributed by atoms with Gasteiger partial charge in [0.25, 0.3) is 5.91 Å². The highest BCUT2D eigenvalue weighted by Crippen LogP contribution is 2.31. The number of carbonyl (C=O) groups is 1. The number of ether oxygens (including phenoxy) is 2. The molecule has 0 unspecified atom stereocenters. The number of carbonyl (C=O) groups excluding carboxylic acids is 1. The quantitative estimate of drug-likeness (QED) is 0.921. The van der Waals surface area contributed by atoms with E-state index in [9.17, 15) is 4.79 Å². The molecule has 3 rings (SSSR count). The highest BCUT2D eigenvalue weighted by atomic mass is 16.5. The fourth-order valence-electron chi connectivity index (χ4n) is 3.36. The monoisotopic (exact) mass is 304 g/mol. The molecule has 0 aliphatic carbocycles. The van der Waals surface area contributed by atoms with Gasteiger partial charge in [-0.1, -0.05) is 0 Å². The number of methoxy groups -OCH3 is 1. The van der Waals surface area contributed by atoms with Gasteiger partial charge in [-0.15, -0.1) is 0 Å². The second-order valence-corrected chi connectivity index (χ2v) is 6.42. The molecule has 1 N–H and O–H groups in total. The van der Waals surface area contributed by atoms with Gasteiger partial charge in [0, 0.05) is 31.7 Å². The summed E-state index contributed by atoms with van der Waals surface area (Å²) >= 11 is 0. The molecule has 0 spiro atoms. The predicted molar refractivity (Wildman–Crippen MR) is 84.5 cm³/mol. The first-order chi connectivity index (χ1) is 10.6. The summed E-state index contributed by atoms with van der Waals surface area (Å²) in [6.45, 7) is 7.69. The van der Waals surface area contributed by atoms with Crippen LogP contribution < -0.4 is 14.8 Å². The van der Waals surface area contributed by atoms with Crippen molar-refractivity contribution in [2.24, 2.45) is 11.8 Å². The standard InChI is InChI=1S/C17H24N2O3/c1-11(2)22-15-5-4-12(6-16(15)21-3)17(20)19-9-13-7-18-8-14(13)10-19/h4-6,11,13-14,18H,7-10H2,1-3H3/t13-,14+. The van der Waals surface area contributed by atoms with Crippen molar-refractivity contribution < 1.29 is 14.3 Å². The SMILES string of the molecule is COc1cc(C(=O)N2C[C@H]3CNC[C@H]3C2)ccc1OC(C)C. The first kappa shape index (κ1) is 15.2. The highest BCUT2D eigenvalue weighted by molar-refractivity contribution is 5.95. The van der Waals surface area contributed by atoms with Crippen molar-refractivity contribution in [1.82, 2.24) is 10.2 Å². The smallest absolute Gasteiger partial charge is 0.254 e. The average Bonchev–Trinajstić information content (AvgIpc) is 3.07. The minimum atomic E-state index is 0.0703. The number of benzene rings is 1. The van der Waals surface area contributed by atoms with E-state index >= 15 is 0 Å². The molecule has 2 fully saturated rings. The highest BCUT2D eigenvalue weighted by Gasteiger charge is 2.38. The minimum Gasteiger partial charge on any atom is -0.493 e. The number of likely N-dealkylation sites (tertiary alicyclic amines) is 1. The fraction of sp³-hybridized carbons (Fsp3) is 0.588. The van der Waals surface area contributed by atoms with Crippen LogP contribution in [0, 0.1) is 11.8 Å². The third-order valence-electron chi connectivity index (χ3n) is 4.45. The number of nitrogens with one attached hydrogen (secondary N) is 1. The zero-order valence-corrected chi connectivity index (χ0v) is 13.5. The van der Waals surface area contributed by atoms with E-state index in [2.05, 4.69) is 5.32 Å². The van der Waals surface area contributed by atoms with Crippen molar-refractivity contribution in [3.05, 3.63) is 23.8 Å². The number of amides is 1. The van der Waals surface area contributed by atoms with Crippen LogP contribution in [-0.2, 0) is 0 Å². The minimum absolute atomic E-state index is 0.0703. The Hall–Kier alpha value is -1.75. The summed E-state index contributed by atoms with van der Waals surface area (Å²) in [5.74, 6) is 2.59. The van der Waals surface area contributed by atoms with Gasteiger partial charge in [0.05, 0.1) is 13.2 Å². The molecule has 0 bridgehead atoms. The Kier molecular flexibility index (Phi) is 4.25. The van der Waals surface area contributed by atoms with Gasteiger partial charge in [-0.05, 0) is 43.9 Å². The predicted octanol–water partition coefficient (Wildman–Crippen LogP) is 1.77. The van der Waals surface area contributed by atoms with Gasteiger partial charge < -0.3 is 19.7 Å². The molecule has 1 aromatic rings. The molecular formula is C17H24N2O3. The summed E-state index contributed by atoms with van der Waals surface area (Å²) < 4.78 is 11.1. The van der Waals surface area contributed by atoms with Crippen molar-refractivity contribution in [3.8, 4) is 11.5 Å². The molecule has 22 heavy (non-hydrogen) atoms. The van der Waals surface area contributed by atoms with Crippen molar-refractivity contribution in [1.29, 1.82) is 0 Å². The van der Waals surface area contributed by atoms with Crippen LogP contribution in [0.2, 0.25) is 0 Å². The molecule has 2 aliphatic rings. The van der Waals surface area contributed by atoms with Gasteiger partial charge in [0.1, 0.15) is 0 Å². The zero-order valence-electron chi connectivity index (χ0n) is 13.5. The first-order valence-electron chi connectivity index (χ1n) is 7.93. The molecule has 0 aromatic heterocycles. The number of rotatable bonds is 4. The van der Waals surface area contributed by atoms with E-state index in [4.69, 9.17) is 9.47 Å². The third-order valence-corrected chi connectivity index (χ3v) is 4.45. The van der Waals surface area contributed by atoms with Gasteiger partial charge >= 0.3 is 0 Å². The van der Waals surface area contributed by atoms with E-state index in [0.29, 0.717) is 28.9 Å². The van der Waals surface area contributed by atoms with Crippen LogP contribution in [0.1, 0.15) is 24.2 Å². The van der Waals surface area contributed by atoms with Crippen molar-refractivity contribution in [2.75, 3.05) is 33.3 Å². The summed E-state index contributed by atoms with van der Waals surface area (Å²) in [6, 6.07) is 5.44. The van der Waals surface area contributed by atoms with E-state index in [1.54, 1.807) is 13.2 Å². The molecule has 2 aliphatic heterocycles. The Morgan fingerprint density at radius 1 is 1.23 bits per heavy atom. The molecule has 2 saturated heterocycles. The summed E-state index contributed by atoms with van der Waals surface area (Å²) in [6.07, 6.45) is 0.0703. The summed E-state index contributed by atoms with van der Waals surface area (Å²) in [5.41, 5.74) is 0.667. The Bertz CT molecular complexity index is 547. The molecule has 1 amide bonds. The zero-order chi connectivity index (χ0) is 15.7. The van der Waals surface area contributed by atoms with Gasteiger partial charge in [0.15, 0.2) is 11.5 Å². The summed E-state index contributed by atoms with van der Waals surface area (Å²) in [7, 11) is 1.60. The lowest BCUT2D eigenvalue weighted by atomic mass is 10.0. The van der Waals surface area contributed by atoms with Gasteiger partial charge in [-0.2, -0.15) is 0 Å². The van der Waals surface area contributed by atoms with Crippen molar-refractivity contribution in [3.63, 3.8) is 0 Å². The molecule has 1 aromatic carbocycles. The van der Waals surface area contributed by atoms with Crippen LogP contribution in [0.4, 0.5) is 0 Å². The molecule has 2 heterocycles. The maximum atomic E-state index is 12.7. The van der Waals surface area contributed by atoms with Crippen LogP contribution in [0.15, 0.2) is 18.2 Å². The maximum Gasteiger partial charge on any atom is 0.254 e. The Morgan fingerprint density at radius 3 is 2.50 bits per heavy atom. The molecular weight excluding hydrogens is 280 g/mol. The number of nitrogens with zero attached hydrogens (tertiary/aromatic N) is 1. The molecule has 2 atom stereocenters. The molecule has 0 saturated carbocycles. The Balaban J connectivity index is 1.75. The fourth-order valence-corrected chi connectivity index (χ4v) is 3.36. The normalized spacial score (nSPS) is 23.7. The van der Waals surface area contributed by atoms with Crippen LogP contribution in [-0.4, -0.2) is 50.2 Å². The van der Waals surface area contributed by atoms with Crippen molar-refractivity contribution >= 4 is 5.91 Å². The number of hydrogen-bond donors (Lipinski definition) is 1. The topological polar surface area (TPSA) is 50.8 Å². The van der Waals surface area contributed by atoms with E-state index in [1.165, 1.54) is 0 Å². The average molecular weight is 304 g/mol. The van der Waals surface area contributed by atoms with Crippen LogP contribution in [0.5, 0.6) is 11.5 Å². The molecule has 0 radical (unpaired) electrons. The molecule has 120 valence electrons. The van der Waals surface area contributed by atoms with E-state index < -0.39 is 0 Å². The Morgan fingerprint density at radius 2 is 1.91 bits per heavy atom. The first-order valence-corrected chi connectivity index (χ1v) is 7.93. The second kappa shape index (κ2) is 6.16. The maximum absolute atomic E-state index is 12.7. The number of fused-ring (bicyclic) bond motifs is 1. The van der Waals surface area contributed by atoms with Gasteiger partial charge in [0.2, 0.25) is 0 Å². The lowest BCUT2D eigenvalue weighted by Gasteiger charge is -2.19. The third kappa shape index (κ3) is 2.90. The van der Waals surface area contributed by atoms with E-state index in [-0.39, 0.29) is 12.0 Å². The van der Waals surface area contributed by atoms with Crippen molar-refractivity contribution in [2.45, 2.75) is 20.0 Å². The van der Waals surface area contributed by atoms with Crippen LogP contribution in [0.25, 0.3) is 0 Å². The van der Waals surface area contributed by atoms with Gasteiger partial charge in [-0.3, -0.25) is 4.79 Å². The lowest BCUT2D eigenvalue weighted by Crippen LogP contribution is -2.31. The number of hydrogen-bond acceptors (Lipinski definition) is 4. The molecule has 5 nitrogen and oxygen atoms in total. The lowest BCUT2D eigenvalue weighted by molar-refractivity contribution is 0.0781. The second-order valence-electron chi connectivity index (χ2n) is 6.42. The largest absolute Gasteiger partial charge is 0.493 e. The van der Waals surface area contributed by atoms with E-state index in [1.807, 2.05) is 30.9 Å².